The Morgan fingerprint density at radius 1 is 1.09 bits per heavy atom. The number of primary amides is 1. The number of rotatable bonds is 10. The van der Waals surface area contributed by atoms with Crippen LogP contribution in [0, 0.1) is 5.82 Å². The van der Waals surface area contributed by atoms with Gasteiger partial charge in [0.15, 0.2) is 12.4 Å². The van der Waals surface area contributed by atoms with Crippen LogP contribution in [0.5, 0.6) is 5.75 Å². The molecule has 10 heteroatoms. The van der Waals surface area contributed by atoms with Gasteiger partial charge in [0.25, 0.3) is 5.91 Å². The summed E-state index contributed by atoms with van der Waals surface area (Å²) in [5.41, 5.74) is 6.18. The van der Waals surface area contributed by atoms with E-state index in [1.165, 1.54) is 40.0 Å². The van der Waals surface area contributed by atoms with Crippen molar-refractivity contribution >= 4 is 23.5 Å². The Bertz CT molecular complexity index is 1120. The first-order valence-corrected chi connectivity index (χ1v) is 10.2. The molecule has 2 N–H and O–H groups in total. The smallest absolute Gasteiger partial charge is 0.362 e. The fourth-order valence-corrected chi connectivity index (χ4v) is 2.98. The lowest BCUT2D eigenvalue weighted by molar-refractivity contribution is -0.120. The van der Waals surface area contributed by atoms with Crippen LogP contribution in [0.3, 0.4) is 0 Å². The number of aromatic nitrogens is 2. The van der Waals surface area contributed by atoms with Crippen LogP contribution in [0.4, 0.5) is 10.1 Å². The van der Waals surface area contributed by atoms with Crippen molar-refractivity contribution < 1.29 is 28.2 Å². The van der Waals surface area contributed by atoms with E-state index in [1.54, 1.807) is 19.1 Å². The molecule has 1 heterocycles. The average Bonchev–Trinajstić information content (AvgIpc) is 3.24. The van der Waals surface area contributed by atoms with Crippen molar-refractivity contribution in [3.8, 4) is 11.4 Å². The van der Waals surface area contributed by atoms with E-state index in [2.05, 4.69) is 5.10 Å². The van der Waals surface area contributed by atoms with Gasteiger partial charge in [-0.1, -0.05) is 18.2 Å². The molecule has 1 aromatic heterocycles. The SMILES string of the molecule is CCOC(=O)c1nn(-c2ccccc2)cc1OCC(=O)N(CCC(N)=O)c1ccc(F)cc1. The van der Waals surface area contributed by atoms with E-state index >= 15 is 0 Å². The molecule has 0 atom stereocenters. The topological polar surface area (TPSA) is 117 Å². The normalized spacial score (nSPS) is 10.5. The first kappa shape index (κ1) is 23.5. The van der Waals surface area contributed by atoms with Crippen LogP contribution in [0.25, 0.3) is 5.69 Å². The molecule has 0 aliphatic rings. The van der Waals surface area contributed by atoms with Crippen molar-refractivity contribution in [2.75, 3.05) is 24.7 Å². The summed E-state index contributed by atoms with van der Waals surface area (Å²) < 4.78 is 25.4. The van der Waals surface area contributed by atoms with Gasteiger partial charge < -0.3 is 20.1 Å². The number of esters is 1. The summed E-state index contributed by atoms with van der Waals surface area (Å²) in [6, 6.07) is 14.2. The number of ether oxygens (including phenoxy) is 2. The molecule has 33 heavy (non-hydrogen) atoms. The summed E-state index contributed by atoms with van der Waals surface area (Å²) in [6.45, 7) is 1.32. The van der Waals surface area contributed by atoms with Crippen molar-refractivity contribution in [2.45, 2.75) is 13.3 Å². The molecule has 0 aliphatic heterocycles. The monoisotopic (exact) mass is 454 g/mol. The summed E-state index contributed by atoms with van der Waals surface area (Å²) in [5, 5.41) is 4.24. The Morgan fingerprint density at radius 2 is 1.79 bits per heavy atom. The molecular formula is C23H23FN4O5. The van der Waals surface area contributed by atoms with Crippen molar-refractivity contribution in [1.29, 1.82) is 0 Å². The van der Waals surface area contributed by atoms with Gasteiger partial charge in [0, 0.05) is 18.7 Å². The molecule has 172 valence electrons. The van der Waals surface area contributed by atoms with Crippen LogP contribution in [0.2, 0.25) is 0 Å². The third-order valence-corrected chi connectivity index (χ3v) is 4.54. The molecule has 0 bridgehead atoms. The Morgan fingerprint density at radius 3 is 2.42 bits per heavy atom. The predicted molar refractivity (Wildman–Crippen MR) is 118 cm³/mol. The molecule has 3 aromatic rings. The van der Waals surface area contributed by atoms with Gasteiger partial charge >= 0.3 is 5.97 Å². The minimum Gasteiger partial charge on any atom is -0.479 e. The van der Waals surface area contributed by atoms with E-state index in [1.807, 2.05) is 18.2 Å². The van der Waals surface area contributed by atoms with Crippen molar-refractivity contribution in [2.24, 2.45) is 5.73 Å². The number of hydrogen-bond donors (Lipinski definition) is 1. The number of hydrogen-bond acceptors (Lipinski definition) is 6. The molecule has 0 fully saturated rings. The van der Waals surface area contributed by atoms with Crippen LogP contribution in [0.1, 0.15) is 23.8 Å². The number of amides is 2. The quantitative estimate of drug-likeness (QED) is 0.471. The molecule has 2 aromatic carbocycles. The Hall–Kier alpha value is -4.21. The largest absolute Gasteiger partial charge is 0.479 e. The Balaban J connectivity index is 1.82. The van der Waals surface area contributed by atoms with Crippen LogP contribution in [-0.2, 0) is 14.3 Å². The molecule has 0 unspecified atom stereocenters. The number of carbonyl (C=O) groups is 3. The van der Waals surface area contributed by atoms with E-state index in [4.69, 9.17) is 15.2 Å². The zero-order valence-electron chi connectivity index (χ0n) is 17.9. The van der Waals surface area contributed by atoms with Gasteiger partial charge in [0.2, 0.25) is 11.6 Å². The van der Waals surface area contributed by atoms with Crippen LogP contribution >= 0.6 is 0 Å². The number of nitrogens with zero attached hydrogens (tertiary/aromatic N) is 3. The maximum absolute atomic E-state index is 13.3. The van der Waals surface area contributed by atoms with E-state index in [0.717, 1.165) is 0 Å². The number of para-hydroxylation sites is 1. The highest BCUT2D eigenvalue weighted by molar-refractivity contribution is 5.95. The number of carbonyl (C=O) groups excluding carboxylic acids is 3. The molecule has 0 spiro atoms. The summed E-state index contributed by atoms with van der Waals surface area (Å²) in [4.78, 5) is 37.8. The number of nitrogens with two attached hydrogens (primary N) is 1. The van der Waals surface area contributed by atoms with E-state index in [0.29, 0.717) is 11.4 Å². The van der Waals surface area contributed by atoms with Gasteiger partial charge in [-0.3, -0.25) is 9.59 Å². The van der Waals surface area contributed by atoms with Gasteiger partial charge in [0.05, 0.1) is 18.5 Å². The lowest BCUT2D eigenvalue weighted by atomic mass is 10.2. The fourth-order valence-electron chi connectivity index (χ4n) is 2.98. The second kappa shape index (κ2) is 10.9. The van der Waals surface area contributed by atoms with Crippen molar-refractivity contribution in [3.05, 3.63) is 72.3 Å². The Kier molecular flexibility index (Phi) is 7.74. The molecule has 9 nitrogen and oxygen atoms in total. The summed E-state index contributed by atoms with van der Waals surface area (Å²) in [7, 11) is 0. The van der Waals surface area contributed by atoms with Crippen molar-refractivity contribution in [1.82, 2.24) is 9.78 Å². The van der Waals surface area contributed by atoms with Crippen molar-refractivity contribution in [3.63, 3.8) is 0 Å². The first-order valence-electron chi connectivity index (χ1n) is 10.2. The first-order chi connectivity index (χ1) is 15.9. The molecule has 0 aliphatic carbocycles. The number of anilines is 1. The van der Waals surface area contributed by atoms with Gasteiger partial charge in [-0.05, 0) is 43.3 Å². The van der Waals surface area contributed by atoms with E-state index < -0.39 is 30.2 Å². The molecule has 2 amide bonds. The van der Waals surface area contributed by atoms with Gasteiger partial charge in [-0.15, -0.1) is 0 Å². The maximum Gasteiger partial charge on any atom is 0.362 e. The average molecular weight is 454 g/mol. The minimum absolute atomic E-state index is 0.0167. The maximum atomic E-state index is 13.3. The lowest BCUT2D eigenvalue weighted by Gasteiger charge is -2.22. The lowest BCUT2D eigenvalue weighted by Crippen LogP contribution is -2.37. The van der Waals surface area contributed by atoms with Crippen LogP contribution in [-0.4, -0.2) is 47.3 Å². The Labute approximate surface area is 189 Å². The third-order valence-electron chi connectivity index (χ3n) is 4.54. The second-order valence-corrected chi connectivity index (χ2v) is 6.87. The summed E-state index contributed by atoms with van der Waals surface area (Å²) in [6.07, 6.45) is 1.38. The summed E-state index contributed by atoms with van der Waals surface area (Å²) >= 11 is 0. The molecule has 3 rings (SSSR count). The zero-order chi connectivity index (χ0) is 23.8. The van der Waals surface area contributed by atoms with Gasteiger partial charge in [-0.25, -0.2) is 13.9 Å². The van der Waals surface area contributed by atoms with E-state index in [-0.39, 0.29) is 31.0 Å². The molecule has 0 saturated carbocycles. The van der Waals surface area contributed by atoms with Crippen LogP contribution in [0.15, 0.2) is 60.8 Å². The fraction of sp³-hybridized carbons (Fsp3) is 0.217. The molecule has 0 saturated heterocycles. The number of halogens is 1. The van der Waals surface area contributed by atoms with E-state index in [9.17, 15) is 18.8 Å². The highest BCUT2D eigenvalue weighted by Gasteiger charge is 2.23. The highest BCUT2D eigenvalue weighted by atomic mass is 19.1. The van der Waals surface area contributed by atoms with Gasteiger partial charge in [-0.2, -0.15) is 5.10 Å². The summed E-state index contributed by atoms with van der Waals surface area (Å²) in [5.74, 6) is -2.22. The second-order valence-electron chi connectivity index (χ2n) is 6.87. The number of benzene rings is 2. The third kappa shape index (κ3) is 6.16. The van der Waals surface area contributed by atoms with Crippen LogP contribution < -0.4 is 15.4 Å². The predicted octanol–water partition coefficient (Wildman–Crippen LogP) is 2.48. The highest BCUT2D eigenvalue weighted by Crippen LogP contribution is 2.22. The minimum atomic E-state index is -0.696. The molecular weight excluding hydrogens is 431 g/mol. The standard InChI is InChI=1S/C23H23FN4O5/c1-2-32-23(31)22-19(14-28(26-22)18-6-4-3-5-7-18)33-15-21(30)27(13-12-20(25)29)17-10-8-16(24)9-11-17/h3-11,14H,2,12-13,15H2,1H3,(H2,25,29). The van der Waals surface area contributed by atoms with Gasteiger partial charge in [0.1, 0.15) is 5.82 Å². The molecule has 0 radical (unpaired) electrons. The zero-order valence-corrected chi connectivity index (χ0v) is 17.9.